The number of thioether (sulfide) groups is 1. The maximum absolute atomic E-state index is 12.9. The fourth-order valence-corrected chi connectivity index (χ4v) is 4.03. The Kier molecular flexibility index (Phi) is 5.71. The number of carbonyl (C=O) groups is 2. The maximum atomic E-state index is 12.9. The summed E-state index contributed by atoms with van der Waals surface area (Å²) in [6.45, 7) is 3.07. The fraction of sp³-hybridized carbons (Fsp3) is 0.238. The van der Waals surface area contributed by atoms with E-state index in [9.17, 15) is 9.59 Å². The molecule has 3 heterocycles. The Morgan fingerprint density at radius 2 is 2.00 bits per heavy atom. The summed E-state index contributed by atoms with van der Waals surface area (Å²) in [6, 6.07) is 11.2. The Morgan fingerprint density at radius 3 is 2.77 bits per heavy atom. The highest BCUT2D eigenvalue weighted by Crippen LogP contribution is 2.24. The Labute approximate surface area is 177 Å². The summed E-state index contributed by atoms with van der Waals surface area (Å²) in [4.78, 5) is 24.9. The first-order valence-electron chi connectivity index (χ1n) is 9.52. The molecule has 1 aromatic carbocycles. The van der Waals surface area contributed by atoms with Crippen molar-refractivity contribution < 1.29 is 14.0 Å². The Morgan fingerprint density at radius 1 is 1.17 bits per heavy atom. The van der Waals surface area contributed by atoms with Crippen LogP contribution in [-0.4, -0.2) is 36.8 Å². The van der Waals surface area contributed by atoms with Crippen LogP contribution in [0.25, 0.3) is 10.9 Å². The van der Waals surface area contributed by atoms with Crippen molar-refractivity contribution in [2.45, 2.75) is 25.2 Å². The average molecular weight is 423 g/mol. The molecule has 0 radical (unpaired) electrons. The second-order valence-corrected chi connectivity index (χ2v) is 7.62. The van der Waals surface area contributed by atoms with Crippen LogP contribution >= 0.6 is 11.8 Å². The second kappa shape index (κ2) is 8.58. The van der Waals surface area contributed by atoms with Crippen molar-refractivity contribution in [2.24, 2.45) is 7.05 Å². The zero-order valence-electron chi connectivity index (χ0n) is 16.7. The SMILES string of the molecule is CCn1cc(C(=O)CSc2nnc(CNC(=O)c3ccco3)n2C)c2ccccc21. The predicted octanol–water partition coefficient (Wildman–Crippen LogP) is 3.29. The number of ketones is 1. The molecule has 0 bridgehead atoms. The minimum atomic E-state index is -0.320. The fourth-order valence-electron chi connectivity index (χ4n) is 3.22. The van der Waals surface area contributed by atoms with Gasteiger partial charge in [-0.2, -0.15) is 0 Å². The third kappa shape index (κ3) is 3.88. The monoisotopic (exact) mass is 423 g/mol. The molecule has 0 atom stereocenters. The van der Waals surface area contributed by atoms with Crippen molar-refractivity contribution in [3.63, 3.8) is 0 Å². The molecule has 0 fully saturated rings. The molecule has 1 N–H and O–H groups in total. The lowest BCUT2D eigenvalue weighted by Gasteiger charge is -2.04. The van der Waals surface area contributed by atoms with E-state index in [1.54, 1.807) is 16.7 Å². The lowest BCUT2D eigenvalue weighted by molar-refractivity contribution is 0.0921. The van der Waals surface area contributed by atoms with Crippen LogP contribution in [0.1, 0.15) is 33.7 Å². The minimum Gasteiger partial charge on any atom is -0.459 e. The van der Waals surface area contributed by atoms with Crippen molar-refractivity contribution >= 4 is 34.4 Å². The van der Waals surface area contributed by atoms with E-state index in [2.05, 4.69) is 27.0 Å². The van der Waals surface area contributed by atoms with Gasteiger partial charge in [-0.25, -0.2) is 0 Å². The maximum Gasteiger partial charge on any atom is 0.287 e. The number of aromatic nitrogens is 4. The molecule has 8 nitrogen and oxygen atoms in total. The van der Waals surface area contributed by atoms with Gasteiger partial charge in [0.1, 0.15) is 0 Å². The van der Waals surface area contributed by atoms with E-state index in [1.165, 1.54) is 18.0 Å². The Bertz CT molecular complexity index is 1190. The van der Waals surface area contributed by atoms with Crippen LogP contribution in [0.15, 0.2) is 58.4 Å². The summed E-state index contributed by atoms with van der Waals surface area (Å²) in [5.41, 5.74) is 1.77. The van der Waals surface area contributed by atoms with Crippen LogP contribution in [0.2, 0.25) is 0 Å². The first-order valence-corrected chi connectivity index (χ1v) is 10.5. The molecule has 1 amide bonds. The summed E-state index contributed by atoms with van der Waals surface area (Å²) < 4.78 is 8.92. The third-order valence-corrected chi connectivity index (χ3v) is 5.86. The predicted molar refractivity (Wildman–Crippen MR) is 114 cm³/mol. The number of carbonyl (C=O) groups excluding carboxylic acids is 2. The molecule has 0 aliphatic carbocycles. The molecular weight excluding hydrogens is 402 g/mol. The molecule has 0 unspecified atom stereocenters. The third-order valence-electron chi connectivity index (χ3n) is 4.84. The highest BCUT2D eigenvalue weighted by atomic mass is 32.2. The largest absolute Gasteiger partial charge is 0.459 e. The molecule has 0 spiro atoms. The van der Waals surface area contributed by atoms with Gasteiger partial charge in [0.15, 0.2) is 22.5 Å². The van der Waals surface area contributed by atoms with E-state index in [1.807, 2.05) is 37.5 Å². The van der Waals surface area contributed by atoms with E-state index in [0.717, 1.165) is 17.4 Å². The van der Waals surface area contributed by atoms with Gasteiger partial charge >= 0.3 is 0 Å². The lowest BCUT2D eigenvalue weighted by Crippen LogP contribution is -2.24. The molecule has 9 heteroatoms. The standard InChI is InChI=1S/C21H21N5O3S/c1-3-26-12-15(14-7-4-5-8-16(14)26)17(27)13-30-21-24-23-19(25(21)2)11-22-20(28)18-9-6-10-29-18/h4-10,12H,3,11,13H2,1-2H3,(H,22,28). The molecule has 4 aromatic rings. The van der Waals surface area contributed by atoms with Crippen molar-refractivity contribution in [1.82, 2.24) is 24.6 Å². The number of aryl methyl sites for hydroxylation is 1. The normalized spacial score (nSPS) is 11.1. The van der Waals surface area contributed by atoms with E-state index < -0.39 is 0 Å². The summed E-state index contributed by atoms with van der Waals surface area (Å²) in [5.74, 6) is 0.803. The van der Waals surface area contributed by atoms with Gasteiger partial charge in [-0.05, 0) is 25.1 Å². The molecule has 0 aliphatic heterocycles. The molecule has 0 aliphatic rings. The summed E-state index contributed by atoms with van der Waals surface area (Å²) in [5, 5.41) is 12.6. The number of nitrogens with zero attached hydrogens (tertiary/aromatic N) is 4. The molecule has 154 valence electrons. The lowest BCUT2D eigenvalue weighted by atomic mass is 10.1. The van der Waals surface area contributed by atoms with Gasteiger partial charge in [0, 0.05) is 36.3 Å². The van der Waals surface area contributed by atoms with Crippen molar-refractivity contribution in [3.05, 3.63) is 66.0 Å². The number of Topliss-reactive ketones (excluding diaryl/α,β-unsaturated/α-hetero) is 1. The van der Waals surface area contributed by atoms with Gasteiger partial charge in [-0.1, -0.05) is 30.0 Å². The number of hydrogen-bond acceptors (Lipinski definition) is 6. The van der Waals surface area contributed by atoms with E-state index in [0.29, 0.717) is 16.5 Å². The number of fused-ring (bicyclic) bond motifs is 1. The van der Waals surface area contributed by atoms with Gasteiger partial charge in [0.25, 0.3) is 5.91 Å². The highest BCUT2D eigenvalue weighted by molar-refractivity contribution is 7.99. The number of nitrogens with one attached hydrogen (secondary N) is 1. The zero-order valence-corrected chi connectivity index (χ0v) is 17.5. The van der Waals surface area contributed by atoms with Gasteiger partial charge in [0.2, 0.25) is 0 Å². The van der Waals surface area contributed by atoms with Crippen LogP contribution in [-0.2, 0) is 20.1 Å². The molecule has 0 saturated heterocycles. The molecule has 0 saturated carbocycles. The Hall–Kier alpha value is -3.33. The number of rotatable bonds is 8. The van der Waals surface area contributed by atoms with Crippen LogP contribution < -0.4 is 5.32 Å². The molecule has 3 aromatic heterocycles. The summed E-state index contributed by atoms with van der Waals surface area (Å²) in [7, 11) is 1.81. The van der Waals surface area contributed by atoms with Crippen LogP contribution in [0.3, 0.4) is 0 Å². The van der Waals surface area contributed by atoms with Crippen LogP contribution in [0.4, 0.5) is 0 Å². The van der Waals surface area contributed by atoms with E-state index in [-0.39, 0.29) is 29.7 Å². The molecule has 4 rings (SSSR count). The minimum absolute atomic E-state index is 0.0408. The van der Waals surface area contributed by atoms with Crippen LogP contribution in [0, 0.1) is 0 Å². The highest BCUT2D eigenvalue weighted by Gasteiger charge is 2.17. The first kappa shape index (κ1) is 20.0. The van der Waals surface area contributed by atoms with E-state index >= 15 is 0 Å². The summed E-state index contributed by atoms with van der Waals surface area (Å²) >= 11 is 1.33. The first-order chi connectivity index (χ1) is 14.6. The van der Waals surface area contributed by atoms with Gasteiger partial charge < -0.3 is 18.9 Å². The number of para-hydroxylation sites is 1. The van der Waals surface area contributed by atoms with Gasteiger partial charge in [-0.15, -0.1) is 10.2 Å². The average Bonchev–Trinajstić information content (AvgIpc) is 3.50. The number of amides is 1. The number of hydrogen-bond donors (Lipinski definition) is 1. The van der Waals surface area contributed by atoms with Crippen molar-refractivity contribution in [2.75, 3.05) is 5.75 Å². The zero-order chi connectivity index (χ0) is 21.1. The van der Waals surface area contributed by atoms with Gasteiger partial charge in [0.05, 0.1) is 18.6 Å². The van der Waals surface area contributed by atoms with Crippen LogP contribution in [0.5, 0.6) is 0 Å². The molecular formula is C21H21N5O3S. The second-order valence-electron chi connectivity index (χ2n) is 6.68. The number of furan rings is 1. The Balaban J connectivity index is 1.41. The summed E-state index contributed by atoms with van der Waals surface area (Å²) in [6.07, 6.45) is 3.36. The molecule has 30 heavy (non-hydrogen) atoms. The van der Waals surface area contributed by atoms with E-state index in [4.69, 9.17) is 4.42 Å². The van der Waals surface area contributed by atoms with Gasteiger partial charge in [-0.3, -0.25) is 9.59 Å². The van der Waals surface area contributed by atoms with Crippen molar-refractivity contribution in [1.29, 1.82) is 0 Å². The van der Waals surface area contributed by atoms with Crippen molar-refractivity contribution in [3.8, 4) is 0 Å². The quantitative estimate of drug-likeness (QED) is 0.345. The number of benzene rings is 1. The topological polar surface area (TPSA) is 94.9 Å². The smallest absolute Gasteiger partial charge is 0.287 e.